The van der Waals surface area contributed by atoms with Gasteiger partial charge in [0.25, 0.3) is 11.6 Å². The molecule has 0 radical (unpaired) electrons. The van der Waals surface area contributed by atoms with Gasteiger partial charge in [-0.1, -0.05) is 18.2 Å². The molecular formula is C11H11N5O3. The number of nitrogens with one attached hydrogen (secondary N) is 1. The Labute approximate surface area is 108 Å². The number of amides is 1. The monoisotopic (exact) mass is 261 g/mol. The first-order chi connectivity index (χ1) is 9.09. The minimum absolute atomic E-state index is 0.0118. The van der Waals surface area contributed by atoms with Gasteiger partial charge in [-0.3, -0.25) is 14.9 Å². The molecule has 98 valence electrons. The lowest BCUT2D eigenvalue weighted by Crippen LogP contribution is -2.26. The minimum atomic E-state index is -0.469. The Hall–Kier alpha value is -2.77. The van der Waals surface area contributed by atoms with Crippen LogP contribution in [0.3, 0.4) is 0 Å². The van der Waals surface area contributed by atoms with Crippen LogP contribution in [0.15, 0.2) is 30.5 Å². The predicted molar refractivity (Wildman–Crippen MR) is 65.3 cm³/mol. The summed E-state index contributed by atoms with van der Waals surface area (Å²) >= 11 is 0. The van der Waals surface area contributed by atoms with Crippen LogP contribution in [-0.4, -0.2) is 38.2 Å². The SMILES string of the molecule is CN(Cc1ccccc1[N+](=O)[O-])C(=O)c1cn[nH]n1. The van der Waals surface area contributed by atoms with Gasteiger partial charge in [-0.05, 0) is 0 Å². The second-order valence-electron chi connectivity index (χ2n) is 3.90. The third-order valence-corrected chi connectivity index (χ3v) is 2.58. The van der Waals surface area contributed by atoms with Gasteiger partial charge in [-0.15, -0.1) is 0 Å². The molecule has 0 bridgehead atoms. The van der Waals surface area contributed by atoms with Gasteiger partial charge in [0, 0.05) is 18.7 Å². The van der Waals surface area contributed by atoms with E-state index in [1.165, 1.54) is 17.2 Å². The smallest absolute Gasteiger partial charge is 0.276 e. The fraction of sp³-hybridized carbons (Fsp3) is 0.182. The summed E-state index contributed by atoms with van der Waals surface area (Å²) in [6.45, 7) is 0.128. The zero-order valence-electron chi connectivity index (χ0n) is 10.1. The molecule has 1 aromatic carbocycles. The first kappa shape index (κ1) is 12.7. The number of carbonyl (C=O) groups is 1. The first-order valence-electron chi connectivity index (χ1n) is 5.43. The molecule has 0 saturated heterocycles. The summed E-state index contributed by atoms with van der Waals surface area (Å²) in [4.78, 5) is 23.7. The molecule has 0 saturated carbocycles. The molecule has 2 rings (SSSR count). The van der Waals surface area contributed by atoms with Crippen LogP contribution in [0.5, 0.6) is 0 Å². The molecule has 2 aromatic rings. The highest BCUT2D eigenvalue weighted by Crippen LogP contribution is 2.19. The van der Waals surface area contributed by atoms with Crippen molar-refractivity contribution < 1.29 is 9.72 Å². The standard InChI is InChI=1S/C11H11N5O3/c1-15(11(17)9-6-12-14-13-9)7-8-4-2-3-5-10(8)16(18)19/h2-6H,7H2,1H3,(H,12,13,14). The zero-order valence-corrected chi connectivity index (χ0v) is 10.1. The largest absolute Gasteiger partial charge is 0.336 e. The van der Waals surface area contributed by atoms with Crippen LogP contribution in [-0.2, 0) is 6.54 Å². The van der Waals surface area contributed by atoms with Gasteiger partial charge >= 0.3 is 0 Å². The number of nitrogens with zero attached hydrogens (tertiary/aromatic N) is 4. The third kappa shape index (κ3) is 2.73. The molecule has 0 unspecified atom stereocenters. The van der Waals surface area contributed by atoms with Crippen molar-refractivity contribution in [1.82, 2.24) is 20.3 Å². The number of nitro groups is 1. The number of aromatic nitrogens is 3. The lowest BCUT2D eigenvalue weighted by atomic mass is 10.1. The molecule has 0 spiro atoms. The maximum absolute atomic E-state index is 11.9. The zero-order chi connectivity index (χ0) is 13.8. The molecule has 0 aliphatic rings. The number of hydrogen-bond acceptors (Lipinski definition) is 5. The molecule has 1 heterocycles. The van der Waals surface area contributed by atoms with E-state index in [-0.39, 0.29) is 23.8 Å². The molecule has 0 atom stereocenters. The van der Waals surface area contributed by atoms with E-state index in [0.717, 1.165) is 0 Å². The number of nitro benzene ring substituents is 1. The molecule has 0 fully saturated rings. The summed E-state index contributed by atoms with van der Waals surface area (Å²) in [6.07, 6.45) is 1.30. The van der Waals surface area contributed by atoms with Crippen molar-refractivity contribution in [3.05, 3.63) is 51.8 Å². The Morgan fingerprint density at radius 1 is 1.47 bits per heavy atom. The molecule has 1 amide bonds. The Bertz CT molecular complexity index is 596. The fourth-order valence-electron chi connectivity index (χ4n) is 1.65. The highest BCUT2D eigenvalue weighted by molar-refractivity contribution is 5.91. The van der Waals surface area contributed by atoms with Gasteiger partial charge in [0.1, 0.15) is 0 Å². The summed E-state index contributed by atoms with van der Waals surface area (Å²) in [5.41, 5.74) is 0.621. The van der Waals surface area contributed by atoms with Gasteiger partial charge in [0.2, 0.25) is 0 Å². The minimum Gasteiger partial charge on any atom is -0.336 e. The summed E-state index contributed by atoms with van der Waals surface area (Å²) in [5, 5.41) is 20.4. The van der Waals surface area contributed by atoms with Crippen molar-refractivity contribution in [2.45, 2.75) is 6.54 Å². The molecular weight excluding hydrogens is 250 g/mol. The molecule has 8 heteroatoms. The number of rotatable bonds is 4. The van der Waals surface area contributed by atoms with E-state index in [2.05, 4.69) is 15.4 Å². The van der Waals surface area contributed by atoms with Gasteiger partial charge in [-0.2, -0.15) is 15.4 Å². The maximum atomic E-state index is 11.9. The van der Waals surface area contributed by atoms with Gasteiger partial charge in [-0.25, -0.2) is 0 Å². The highest BCUT2D eigenvalue weighted by Gasteiger charge is 2.19. The number of H-pyrrole nitrogens is 1. The molecule has 19 heavy (non-hydrogen) atoms. The lowest BCUT2D eigenvalue weighted by Gasteiger charge is -2.15. The third-order valence-electron chi connectivity index (χ3n) is 2.58. The number of aromatic amines is 1. The Morgan fingerprint density at radius 3 is 2.84 bits per heavy atom. The van der Waals surface area contributed by atoms with Crippen LogP contribution >= 0.6 is 0 Å². The van der Waals surface area contributed by atoms with Crippen LogP contribution in [0.25, 0.3) is 0 Å². The van der Waals surface area contributed by atoms with Crippen LogP contribution in [0.2, 0.25) is 0 Å². The number of carbonyl (C=O) groups excluding carboxylic acids is 1. The average molecular weight is 261 g/mol. The Morgan fingerprint density at radius 2 is 2.21 bits per heavy atom. The van der Waals surface area contributed by atoms with Crippen molar-refractivity contribution in [3.63, 3.8) is 0 Å². The molecule has 1 aromatic heterocycles. The molecule has 0 aliphatic carbocycles. The molecule has 0 aliphatic heterocycles. The number of para-hydroxylation sites is 1. The first-order valence-corrected chi connectivity index (χ1v) is 5.43. The van der Waals surface area contributed by atoms with E-state index >= 15 is 0 Å². The lowest BCUT2D eigenvalue weighted by molar-refractivity contribution is -0.385. The normalized spacial score (nSPS) is 10.2. The number of benzene rings is 1. The molecule has 8 nitrogen and oxygen atoms in total. The summed E-state index contributed by atoms with van der Waals surface area (Å²) in [7, 11) is 1.55. The number of hydrogen-bond donors (Lipinski definition) is 1. The van der Waals surface area contributed by atoms with Crippen molar-refractivity contribution in [2.24, 2.45) is 0 Å². The van der Waals surface area contributed by atoms with E-state index in [1.54, 1.807) is 25.2 Å². The summed E-state index contributed by atoms with van der Waals surface area (Å²) in [5.74, 6) is -0.355. The van der Waals surface area contributed by atoms with Crippen molar-refractivity contribution >= 4 is 11.6 Å². The van der Waals surface area contributed by atoms with Crippen molar-refractivity contribution in [2.75, 3.05) is 7.05 Å². The van der Waals surface area contributed by atoms with Crippen LogP contribution in [0, 0.1) is 10.1 Å². The second-order valence-corrected chi connectivity index (χ2v) is 3.90. The van der Waals surface area contributed by atoms with Crippen LogP contribution in [0.4, 0.5) is 5.69 Å². The summed E-state index contributed by atoms with van der Waals surface area (Å²) in [6, 6.07) is 6.30. The van der Waals surface area contributed by atoms with E-state index in [9.17, 15) is 14.9 Å². The van der Waals surface area contributed by atoms with Crippen molar-refractivity contribution in [1.29, 1.82) is 0 Å². The fourth-order valence-corrected chi connectivity index (χ4v) is 1.65. The van der Waals surface area contributed by atoms with Crippen LogP contribution < -0.4 is 0 Å². The van der Waals surface area contributed by atoms with Gasteiger partial charge in [0.15, 0.2) is 5.69 Å². The Balaban J connectivity index is 2.17. The topological polar surface area (TPSA) is 105 Å². The summed E-state index contributed by atoms with van der Waals surface area (Å²) < 4.78 is 0. The average Bonchev–Trinajstić information content (AvgIpc) is 2.92. The Kier molecular flexibility index (Phi) is 3.51. The van der Waals surface area contributed by atoms with E-state index in [1.807, 2.05) is 0 Å². The highest BCUT2D eigenvalue weighted by atomic mass is 16.6. The maximum Gasteiger partial charge on any atom is 0.276 e. The van der Waals surface area contributed by atoms with E-state index < -0.39 is 4.92 Å². The molecule has 1 N–H and O–H groups in total. The second kappa shape index (κ2) is 5.25. The van der Waals surface area contributed by atoms with E-state index in [0.29, 0.717) is 5.56 Å². The predicted octanol–water partition coefficient (Wildman–Crippen LogP) is 0.985. The van der Waals surface area contributed by atoms with E-state index in [4.69, 9.17) is 0 Å². The van der Waals surface area contributed by atoms with Gasteiger partial charge in [0.05, 0.1) is 17.7 Å². The van der Waals surface area contributed by atoms with Crippen LogP contribution in [0.1, 0.15) is 16.1 Å². The quantitative estimate of drug-likeness (QED) is 0.652. The van der Waals surface area contributed by atoms with Gasteiger partial charge < -0.3 is 4.90 Å². The van der Waals surface area contributed by atoms with Crippen molar-refractivity contribution in [3.8, 4) is 0 Å².